The number of ether oxygens (including phenoxy) is 1. The zero-order valence-corrected chi connectivity index (χ0v) is 14.2. The minimum atomic E-state index is -0.468. The molecule has 0 N–H and O–H groups in total. The van der Waals surface area contributed by atoms with Crippen molar-refractivity contribution in [2.24, 2.45) is 0 Å². The van der Waals surface area contributed by atoms with Crippen LogP contribution in [0.2, 0.25) is 5.15 Å². The highest BCUT2D eigenvalue weighted by atomic mass is 35.5. The molecule has 0 amide bonds. The lowest BCUT2D eigenvalue weighted by molar-refractivity contribution is 0.0459. The van der Waals surface area contributed by atoms with E-state index in [2.05, 4.69) is 20.5 Å². The lowest BCUT2D eigenvalue weighted by atomic mass is 10.1. The molecular weight excluding hydrogens is 354 g/mol. The molecule has 0 saturated carbocycles. The van der Waals surface area contributed by atoms with Crippen LogP contribution >= 0.6 is 11.6 Å². The van der Waals surface area contributed by atoms with Crippen molar-refractivity contribution in [1.82, 2.24) is 25.2 Å². The van der Waals surface area contributed by atoms with E-state index in [4.69, 9.17) is 16.3 Å². The average molecular weight is 366 g/mol. The Morgan fingerprint density at radius 3 is 2.77 bits per heavy atom. The summed E-state index contributed by atoms with van der Waals surface area (Å²) in [5.41, 5.74) is 1.92. The second kappa shape index (κ2) is 6.89. The summed E-state index contributed by atoms with van der Waals surface area (Å²) in [5, 5.41) is 12.7. The summed E-state index contributed by atoms with van der Waals surface area (Å²) in [5.74, 6) is -0.0387. The minimum absolute atomic E-state index is 0.0440. The van der Waals surface area contributed by atoms with Crippen molar-refractivity contribution in [2.75, 3.05) is 0 Å². The first-order valence-corrected chi connectivity index (χ1v) is 8.14. The molecule has 7 nitrogen and oxygen atoms in total. The third-order valence-corrected chi connectivity index (χ3v) is 3.97. The van der Waals surface area contributed by atoms with Gasteiger partial charge in [-0.25, -0.2) is 9.78 Å². The molecule has 8 heteroatoms. The van der Waals surface area contributed by atoms with Crippen LogP contribution in [-0.2, 0) is 11.3 Å². The molecule has 4 aromatic rings. The number of hydrogen-bond acceptors (Lipinski definition) is 6. The SMILES string of the molecule is O=C(OCc1nnnn1-c1ccccc1)c1ccc2nc(Cl)ccc2c1. The van der Waals surface area contributed by atoms with Gasteiger partial charge in [0.1, 0.15) is 5.15 Å². The highest BCUT2D eigenvalue weighted by molar-refractivity contribution is 6.29. The summed E-state index contributed by atoms with van der Waals surface area (Å²) in [6.07, 6.45) is 0. The van der Waals surface area contributed by atoms with E-state index in [1.807, 2.05) is 30.3 Å². The highest BCUT2D eigenvalue weighted by Gasteiger charge is 2.13. The predicted molar refractivity (Wildman–Crippen MR) is 95.0 cm³/mol. The van der Waals surface area contributed by atoms with Crippen LogP contribution in [0.5, 0.6) is 0 Å². The van der Waals surface area contributed by atoms with Crippen molar-refractivity contribution in [1.29, 1.82) is 0 Å². The molecule has 0 unspecified atom stereocenters. The van der Waals surface area contributed by atoms with Gasteiger partial charge in [0.2, 0.25) is 0 Å². The molecule has 0 radical (unpaired) electrons. The van der Waals surface area contributed by atoms with Crippen LogP contribution in [-0.4, -0.2) is 31.2 Å². The molecule has 2 heterocycles. The first-order valence-electron chi connectivity index (χ1n) is 7.77. The predicted octanol–water partition coefficient (Wildman–Crippen LogP) is 3.22. The second-order valence-corrected chi connectivity index (χ2v) is 5.85. The number of benzene rings is 2. The van der Waals surface area contributed by atoms with Crippen LogP contribution in [0.25, 0.3) is 16.6 Å². The van der Waals surface area contributed by atoms with Crippen molar-refractivity contribution < 1.29 is 9.53 Å². The average Bonchev–Trinajstić information content (AvgIpc) is 3.15. The number of fused-ring (bicyclic) bond motifs is 1. The van der Waals surface area contributed by atoms with Gasteiger partial charge in [-0.05, 0) is 52.9 Å². The van der Waals surface area contributed by atoms with Crippen LogP contribution in [0, 0.1) is 0 Å². The maximum atomic E-state index is 12.4. The van der Waals surface area contributed by atoms with Gasteiger partial charge in [0, 0.05) is 5.39 Å². The zero-order chi connectivity index (χ0) is 17.9. The standard InChI is InChI=1S/C18H12ClN5O2/c19-16-9-7-12-10-13(6-8-15(12)20-16)18(25)26-11-17-21-22-23-24(17)14-4-2-1-3-5-14/h1-10H,11H2. The van der Waals surface area contributed by atoms with Crippen LogP contribution < -0.4 is 0 Å². The molecule has 0 bridgehead atoms. The van der Waals surface area contributed by atoms with E-state index in [9.17, 15) is 4.79 Å². The van der Waals surface area contributed by atoms with Crippen molar-refractivity contribution in [3.05, 3.63) is 77.2 Å². The Morgan fingerprint density at radius 2 is 1.92 bits per heavy atom. The van der Waals surface area contributed by atoms with E-state index in [1.165, 1.54) is 4.68 Å². The Labute approximate surface area is 153 Å². The summed E-state index contributed by atoms with van der Waals surface area (Å²) >= 11 is 5.87. The van der Waals surface area contributed by atoms with E-state index in [-0.39, 0.29) is 6.61 Å². The molecule has 0 atom stereocenters. The number of nitrogens with zero attached hydrogens (tertiary/aromatic N) is 5. The van der Waals surface area contributed by atoms with E-state index < -0.39 is 5.97 Å². The van der Waals surface area contributed by atoms with E-state index in [0.717, 1.165) is 11.1 Å². The lowest BCUT2D eigenvalue weighted by Crippen LogP contribution is -2.10. The summed E-state index contributed by atoms with van der Waals surface area (Å²) < 4.78 is 6.89. The van der Waals surface area contributed by atoms with Gasteiger partial charge in [0.15, 0.2) is 12.4 Å². The normalized spacial score (nSPS) is 10.8. The molecular formula is C18H12ClN5O2. The number of carbonyl (C=O) groups excluding carboxylic acids is 1. The van der Waals surface area contributed by atoms with Gasteiger partial charge in [-0.3, -0.25) is 0 Å². The van der Waals surface area contributed by atoms with Gasteiger partial charge >= 0.3 is 5.97 Å². The highest BCUT2D eigenvalue weighted by Crippen LogP contribution is 2.18. The van der Waals surface area contributed by atoms with Gasteiger partial charge in [0.05, 0.1) is 16.8 Å². The maximum Gasteiger partial charge on any atom is 0.338 e. The Morgan fingerprint density at radius 1 is 1.08 bits per heavy atom. The minimum Gasteiger partial charge on any atom is -0.454 e. The molecule has 4 rings (SSSR count). The molecule has 2 aromatic heterocycles. The topological polar surface area (TPSA) is 82.8 Å². The fourth-order valence-corrected chi connectivity index (χ4v) is 2.66. The van der Waals surface area contributed by atoms with Gasteiger partial charge in [-0.1, -0.05) is 29.8 Å². The lowest BCUT2D eigenvalue weighted by Gasteiger charge is -2.07. The summed E-state index contributed by atoms with van der Waals surface area (Å²) in [7, 11) is 0. The number of tetrazole rings is 1. The Kier molecular flexibility index (Phi) is 4.28. The third kappa shape index (κ3) is 3.25. The number of pyridine rings is 1. The Hall–Kier alpha value is -3.32. The van der Waals surface area contributed by atoms with Gasteiger partial charge in [0.25, 0.3) is 0 Å². The van der Waals surface area contributed by atoms with E-state index in [1.54, 1.807) is 30.3 Å². The summed E-state index contributed by atoms with van der Waals surface area (Å²) in [6, 6.07) is 17.9. The molecule has 0 fully saturated rings. The number of carbonyl (C=O) groups is 1. The fourth-order valence-electron chi connectivity index (χ4n) is 2.51. The van der Waals surface area contributed by atoms with E-state index in [0.29, 0.717) is 22.1 Å². The number of hydrogen-bond donors (Lipinski definition) is 0. The van der Waals surface area contributed by atoms with Crippen molar-refractivity contribution >= 4 is 28.5 Å². The number of esters is 1. The quantitative estimate of drug-likeness (QED) is 0.408. The molecule has 0 aliphatic heterocycles. The number of halogens is 1. The van der Waals surface area contributed by atoms with Gasteiger partial charge < -0.3 is 4.74 Å². The van der Waals surface area contributed by atoms with Crippen LogP contribution in [0.15, 0.2) is 60.7 Å². The molecule has 0 aliphatic carbocycles. The number of rotatable bonds is 4. The van der Waals surface area contributed by atoms with Crippen molar-refractivity contribution in [2.45, 2.75) is 6.61 Å². The fraction of sp³-hybridized carbons (Fsp3) is 0.0556. The molecule has 0 aliphatic rings. The number of aromatic nitrogens is 5. The van der Waals surface area contributed by atoms with Crippen LogP contribution in [0.3, 0.4) is 0 Å². The Bertz CT molecular complexity index is 1080. The smallest absolute Gasteiger partial charge is 0.338 e. The van der Waals surface area contributed by atoms with Crippen molar-refractivity contribution in [3.63, 3.8) is 0 Å². The zero-order valence-electron chi connectivity index (χ0n) is 13.4. The molecule has 26 heavy (non-hydrogen) atoms. The van der Waals surface area contributed by atoms with Gasteiger partial charge in [-0.15, -0.1) is 5.10 Å². The molecule has 0 spiro atoms. The first-order chi connectivity index (χ1) is 12.7. The van der Waals surface area contributed by atoms with Gasteiger partial charge in [-0.2, -0.15) is 4.68 Å². The molecule has 128 valence electrons. The van der Waals surface area contributed by atoms with Crippen LogP contribution in [0.1, 0.15) is 16.2 Å². The maximum absolute atomic E-state index is 12.4. The second-order valence-electron chi connectivity index (χ2n) is 5.46. The van der Waals surface area contributed by atoms with Crippen molar-refractivity contribution in [3.8, 4) is 5.69 Å². The molecule has 0 saturated heterocycles. The molecule has 2 aromatic carbocycles. The largest absolute Gasteiger partial charge is 0.454 e. The van der Waals surface area contributed by atoms with Crippen LogP contribution in [0.4, 0.5) is 0 Å². The summed E-state index contributed by atoms with van der Waals surface area (Å²) in [4.78, 5) is 16.5. The summed E-state index contributed by atoms with van der Waals surface area (Å²) in [6.45, 7) is -0.0440. The third-order valence-electron chi connectivity index (χ3n) is 3.76. The Balaban J connectivity index is 1.51. The van der Waals surface area contributed by atoms with E-state index >= 15 is 0 Å². The monoisotopic (exact) mass is 365 g/mol. The number of para-hydroxylation sites is 1. The first kappa shape index (κ1) is 16.2.